The third-order valence-electron chi connectivity index (χ3n) is 6.01. The molecular formula is C25H32N2O3. The van der Waals surface area contributed by atoms with Gasteiger partial charge in [0.05, 0.1) is 0 Å². The van der Waals surface area contributed by atoms with E-state index in [1.54, 1.807) is 0 Å². The van der Waals surface area contributed by atoms with Crippen molar-refractivity contribution in [2.45, 2.75) is 58.0 Å². The molecular weight excluding hydrogens is 376 g/mol. The van der Waals surface area contributed by atoms with Gasteiger partial charge in [0.1, 0.15) is 6.04 Å². The number of amides is 1. The molecule has 5 heteroatoms. The Morgan fingerprint density at radius 1 is 1.03 bits per heavy atom. The van der Waals surface area contributed by atoms with Crippen LogP contribution in [0.25, 0.3) is 11.1 Å². The van der Waals surface area contributed by atoms with Crippen LogP contribution < -0.4 is 5.32 Å². The summed E-state index contributed by atoms with van der Waals surface area (Å²) in [7, 11) is 0. The van der Waals surface area contributed by atoms with E-state index in [2.05, 4.69) is 53.5 Å². The number of carbonyl (C=O) groups excluding carboxylic acids is 1. The van der Waals surface area contributed by atoms with Gasteiger partial charge in [0.25, 0.3) is 0 Å². The van der Waals surface area contributed by atoms with Crippen LogP contribution in [0.5, 0.6) is 0 Å². The number of nitrogens with zero attached hydrogens (tertiary/aromatic N) is 1. The maximum atomic E-state index is 11.8. The van der Waals surface area contributed by atoms with Crippen LogP contribution in [0.15, 0.2) is 48.5 Å². The number of aryl methyl sites for hydroxylation is 1. The molecule has 1 saturated heterocycles. The van der Waals surface area contributed by atoms with Gasteiger partial charge in [-0.3, -0.25) is 9.59 Å². The van der Waals surface area contributed by atoms with Crippen LogP contribution in [0, 0.1) is 0 Å². The lowest BCUT2D eigenvalue weighted by atomic mass is 10.00. The minimum atomic E-state index is -1.02. The highest BCUT2D eigenvalue weighted by Crippen LogP contribution is 2.22. The minimum absolute atomic E-state index is 0.243. The van der Waals surface area contributed by atoms with Gasteiger partial charge in [-0.1, -0.05) is 48.5 Å². The van der Waals surface area contributed by atoms with Gasteiger partial charge < -0.3 is 15.3 Å². The van der Waals surface area contributed by atoms with Crippen molar-refractivity contribution in [3.63, 3.8) is 0 Å². The first-order valence-corrected chi connectivity index (χ1v) is 10.9. The van der Waals surface area contributed by atoms with Crippen molar-refractivity contribution in [3.05, 3.63) is 59.7 Å². The fourth-order valence-electron chi connectivity index (χ4n) is 3.96. The molecule has 2 N–H and O–H groups in total. The van der Waals surface area contributed by atoms with Crippen LogP contribution in [-0.4, -0.2) is 47.1 Å². The van der Waals surface area contributed by atoms with Gasteiger partial charge in [-0.25, -0.2) is 0 Å². The normalized spacial score (nSPS) is 17.6. The third-order valence-corrected chi connectivity index (χ3v) is 6.01. The molecule has 0 unspecified atom stereocenters. The van der Waals surface area contributed by atoms with Crippen LogP contribution in [0.2, 0.25) is 0 Å². The summed E-state index contributed by atoms with van der Waals surface area (Å²) in [6.45, 7) is 6.15. The highest BCUT2D eigenvalue weighted by Gasteiger charge is 2.19. The summed E-state index contributed by atoms with van der Waals surface area (Å²) >= 11 is 0. The SMILES string of the molecule is C[C@H](NC(=O)CCc1ccc(-c2ccc(CCN3CCC[C@H]3C)cc2)cc1)C(=O)O. The molecule has 160 valence electrons. The summed E-state index contributed by atoms with van der Waals surface area (Å²) in [5, 5.41) is 11.3. The predicted octanol–water partition coefficient (Wildman–Crippen LogP) is 3.90. The Morgan fingerprint density at radius 3 is 2.10 bits per heavy atom. The molecule has 1 aliphatic rings. The largest absolute Gasteiger partial charge is 0.480 e. The molecule has 0 aliphatic carbocycles. The molecule has 0 radical (unpaired) electrons. The first-order chi connectivity index (χ1) is 14.4. The fourth-order valence-corrected chi connectivity index (χ4v) is 3.96. The average Bonchev–Trinajstić information content (AvgIpc) is 3.16. The van der Waals surface area contributed by atoms with Crippen LogP contribution in [-0.2, 0) is 22.4 Å². The molecule has 3 rings (SSSR count). The molecule has 0 spiro atoms. The van der Waals surface area contributed by atoms with Crippen LogP contribution in [0.1, 0.15) is 44.2 Å². The molecule has 30 heavy (non-hydrogen) atoms. The van der Waals surface area contributed by atoms with Gasteiger partial charge in [0.2, 0.25) is 5.91 Å². The lowest BCUT2D eigenvalue weighted by molar-refractivity contribution is -0.141. The number of likely N-dealkylation sites (tertiary alicyclic amines) is 1. The summed E-state index contributed by atoms with van der Waals surface area (Å²) in [6.07, 6.45) is 4.60. The second kappa shape index (κ2) is 10.4. The zero-order chi connectivity index (χ0) is 21.5. The number of carboxylic acids is 1. The second-order valence-electron chi connectivity index (χ2n) is 8.30. The lowest BCUT2D eigenvalue weighted by Crippen LogP contribution is -2.38. The number of carboxylic acid groups (broad SMARTS) is 1. The van der Waals surface area contributed by atoms with Crippen molar-refractivity contribution < 1.29 is 14.7 Å². The molecule has 1 fully saturated rings. The van der Waals surface area contributed by atoms with Crippen molar-refractivity contribution in [2.75, 3.05) is 13.1 Å². The molecule has 2 aromatic rings. The molecule has 0 aromatic heterocycles. The van der Waals surface area contributed by atoms with E-state index in [-0.39, 0.29) is 12.3 Å². The number of hydrogen-bond acceptors (Lipinski definition) is 3. The van der Waals surface area contributed by atoms with Crippen LogP contribution >= 0.6 is 0 Å². The van der Waals surface area contributed by atoms with E-state index >= 15 is 0 Å². The Balaban J connectivity index is 1.49. The van der Waals surface area contributed by atoms with E-state index in [4.69, 9.17) is 5.11 Å². The topological polar surface area (TPSA) is 69.6 Å². The Kier molecular flexibility index (Phi) is 7.63. The van der Waals surface area contributed by atoms with Crippen LogP contribution in [0.4, 0.5) is 0 Å². The smallest absolute Gasteiger partial charge is 0.325 e. The number of aliphatic carboxylic acids is 1. The van der Waals surface area contributed by atoms with Gasteiger partial charge in [0.15, 0.2) is 0 Å². The van der Waals surface area contributed by atoms with E-state index in [0.717, 1.165) is 30.1 Å². The molecule has 0 saturated carbocycles. The van der Waals surface area contributed by atoms with Crippen molar-refractivity contribution in [2.24, 2.45) is 0 Å². The number of benzene rings is 2. The fraction of sp³-hybridized carbons (Fsp3) is 0.440. The zero-order valence-electron chi connectivity index (χ0n) is 17.9. The Morgan fingerprint density at radius 2 is 1.60 bits per heavy atom. The van der Waals surface area contributed by atoms with Crippen molar-refractivity contribution in [1.82, 2.24) is 10.2 Å². The molecule has 1 aliphatic heterocycles. The molecule has 2 aromatic carbocycles. The number of hydrogen-bond donors (Lipinski definition) is 2. The summed E-state index contributed by atoms with van der Waals surface area (Å²) < 4.78 is 0. The highest BCUT2D eigenvalue weighted by molar-refractivity contribution is 5.83. The predicted molar refractivity (Wildman–Crippen MR) is 119 cm³/mol. The summed E-state index contributed by atoms with van der Waals surface area (Å²) in [6, 6.07) is 16.9. The third kappa shape index (κ3) is 6.17. The summed E-state index contributed by atoms with van der Waals surface area (Å²) in [5.41, 5.74) is 4.78. The number of nitrogens with one attached hydrogen (secondary N) is 1. The highest BCUT2D eigenvalue weighted by atomic mass is 16.4. The molecule has 2 atom stereocenters. The average molecular weight is 409 g/mol. The molecule has 1 heterocycles. The van der Waals surface area contributed by atoms with Gasteiger partial charge in [-0.2, -0.15) is 0 Å². The second-order valence-corrected chi connectivity index (χ2v) is 8.30. The first-order valence-electron chi connectivity index (χ1n) is 10.9. The Bertz CT molecular complexity index is 846. The minimum Gasteiger partial charge on any atom is -0.480 e. The molecule has 5 nitrogen and oxygen atoms in total. The number of rotatable bonds is 9. The van der Waals surface area contributed by atoms with Gasteiger partial charge >= 0.3 is 5.97 Å². The van der Waals surface area contributed by atoms with E-state index < -0.39 is 12.0 Å². The number of carbonyl (C=O) groups is 2. The van der Waals surface area contributed by atoms with Crippen molar-refractivity contribution in [3.8, 4) is 11.1 Å². The molecule has 0 bridgehead atoms. The summed E-state index contributed by atoms with van der Waals surface area (Å²) in [5.74, 6) is -1.27. The van der Waals surface area contributed by atoms with Gasteiger partial charge in [0, 0.05) is 19.0 Å². The van der Waals surface area contributed by atoms with Crippen molar-refractivity contribution >= 4 is 11.9 Å². The van der Waals surface area contributed by atoms with Crippen molar-refractivity contribution in [1.29, 1.82) is 0 Å². The summed E-state index contributed by atoms with van der Waals surface area (Å²) in [4.78, 5) is 25.2. The van der Waals surface area contributed by atoms with Gasteiger partial charge in [-0.15, -0.1) is 0 Å². The quantitative estimate of drug-likeness (QED) is 0.660. The standard InChI is InChI=1S/C25H32N2O3/c1-18-4-3-16-27(18)17-15-21-7-12-23(13-8-21)22-10-5-20(6-11-22)9-14-24(28)26-19(2)25(29)30/h5-8,10-13,18-19H,3-4,9,14-17H2,1-2H3,(H,26,28)(H,29,30)/t18-,19+/m1/s1. The Hall–Kier alpha value is -2.66. The van der Waals surface area contributed by atoms with Gasteiger partial charge in [-0.05, 0) is 68.3 Å². The van der Waals surface area contributed by atoms with Crippen LogP contribution in [0.3, 0.4) is 0 Å². The Labute approximate surface area is 179 Å². The molecule has 1 amide bonds. The first kappa shape index (κ1) is 22.0. The van der Waals surface area contributed by atoms with E-state index in [1.165, 1.54) is 37.4 Å². The maximum absolute atomic E-state index is 11.8. The lowest BCUT2D eigenvalue weighted by Gasteiger charge is -2.20. The van der Waals surface area contributed by atoms with E-state index in [1.807, 2.05) is 12.1 Å². The monoisotopic (exact) mass is 408 g/mol. The van der Waals surface area contributed by atoms with E-state index in [9.17, 15) is 9.59 Å². The maximum Gasteiger partial charge on any atom is 0.325 e. The zero-order valence-corrected chi connectivity index (χ0v) is 17.9. The van der Waals surface area contributed by atoms with E-state index in [0.29, 0.717) is 6.42 Å².